The Bertz CT molecular complexity index is 938. The molecule has 0 amide bonds. The molecule has 1 aromatic rings. The average Bonchev–Trinajstić information content (AvgIpc) is 3.21. The summed E-state index contributed by atoms with van der Waals surface area (Å²) in [4.78, 5) is 0. The third-order valence-electron chi connectivity index (χ3n) is 5.43. The van der Waals surface area contributed by atoms with Gasteiger partial charge in [-0.3, -0.25) is 0 Å². The first-order valence-corrected chi connectivity index (χ1v) is 9.55. The molecule has 27 heavy (non-hydrogen) atoms. The molecule has 0 saturated carbocycles. The fraction of sp³-hybridized carbons (Fsp3) is 0.280. The van der Waals surface area contributed by atoms with Crippen LogP contribution >= 0.6 is 0 Å². The molecule has 1 heterocycles. The van der Waals surface area contributed by atoms with Crippen molar-refractivity contribution in [1.82, 2.24) is 0 Å². The summed E-state index contributed by atoms with van der Waals surface area (Å²) in [6, 6.07) is 2.27. The molecule has 1 aromatic carbocycles. The summed E-state index contributed by atoms with van der Waals surface area (Å²) in [5.74, 6) is 1.83. The second-order valence-corrected chi connectivity index (χ2v) is 7.61. The van der Waals surface area contributed by atoms with Gasteiger partial charge in [0.25, 0.3) is 0 Å². The van der Waals surface area contributed by atoms with Crippen molar-refractivity contribution in [2.45, 2.75) is 39.2 Å². The highest BCUT2D eigenvalue weighted by molar-refractivity contribution is 5.74. The van der Waals surface area contributed by atoms with Gasteiger partial charge in [0.1, 0.15) is 24.2 Å². The molecule has 3 aliphatic rings. The monoisotopic (exact) mass is 358 g/mol. The molecule has 0 saturated heterocycles. The number of rotatable bonds is 5. The molecule has 2 heteroatoms. The largest absolute Gasteiger partial charge is 0.489 e. The summed E-state index contributed by atoms with van der Waals surface area (Å²) in [7, 11) is 0. The molecule has 1 aliphatic heterocycles. The van der Waals surface area contributed by atoms with E-state index in [1.807, 2.05) is 6.92 Å². The molecule has 2 aliphatic carbocycles. The van der Waals surface area contributed by atoms with Crippen LogP contribution in [-0.4, -0.2) is 12.7 Å². The van der Waals surface area contributed by atoms with E-state index in [1.165, 1.54) is 27.8 Å². The summed E-state index contributed by atoms with van der Waals surface area (Å²) in [5.41, 5.74) is 8.63. The van der Waals surface area contributed by atoms with E-state index in [1.54, 1.807) is 0 Å². The average molecular weight is 358 g/mol. The quantitative estimate of drug-likeness (QED) is 0.605. The van der Waals surface area contributed by atoms with Gasteiger partial charge in [-0.1, -0.05) is 48.6 Å². The summed E-state index contributed by atoms with van der Waals surface area (Å²) < 4.78 is 12.1. The van der Waals surface area contributed by atoms with Crippen LogP contribution in [0.15, 0.2) is 66.0 Å². The van der Waals surface area contributed by atoms with Crippen molar-refractivity contribution in [3.8, 4) is 5.75 Å². The summed E-state index contributed by atoms with van der Waals surface area (Å²) in [5, 5.41) is 0. The SMILES string of the molecule is C=C1C=Cc2cc3c(c(OC/C=C(/C)CC4C=C(C)C(=C)O4)c2C1)CC=C3. The zero-order chi connectivity index (χ0) is 19.0. The first-order valence-electron chi connectivity index (χ1n) is 9.55. The lowest BCUT2D eigenvalue weighted by Gasteiger charge is -2.21. The normalized spacial score (nSPS) is 20.4. The summed E-state index contributed by atoms with van der Waals surface area (Å²) >= 11 is 0. The molecule has 1 unspecified atom stereocenters. The third-order valence-corrected chi connectivity index (χ3v) is 5.43. The van der Waals surface area contributed by atoms with E-state index in [4.69, 9.17) is 9.47 Å². The van der Waals surface area contributed by atoms with E-state index >= 15 is 0 Å². The van der Waals surface area contributed by atoms with Gasteiger partial charge < -0.3 is 9.47 Å². The molecule has 138 valence electrons. The van der Waals surface area contributed by atoms with Crippen LogP contribution in [0.25, 0.3) is 12.2 Å². The number of ether oxygens (including phenoxy) is 2. The molecule has 0 aromatic heterocycles. The minimum absolute atomic E-state index is 0.0974. The van der Waals surface area contributed by atoms with E-state index in [2.05, 4.69) is 62.6 Å². The second-order valence-electron chi connectivity index (χ2n) is 7.61. The summed E-state index contributed by atoms with van der Waals surface area (Å²) in [6.07, 6.45) is 15.7. The Labute approximate surface area is 161 Å². The van der Waals surface area contributed by atoms with E-state index in [0.717, 1.165) is 41.9 Å². The Balaban J connectivity index is 1.49. The van der Waals surface area contributed by atoms with E-state index in [0.29, 0.717) is 6.61 Å². The highest BCUT2D eigenvalue weighted by Gasteiger charge is 2.21. The minimum atomic E-state index is 0.0974. The van der Waals surface area contributed by atoms with E-state index in [9.17, 15) is 0 Å². The van der Waals surface area contributed by atoms with E-state index < -0.39 is 0 Å². The van der Waals surface area contributed by atoms with Gasteiger partial charge in [-0.2, -0.15) is 0 Å². The van der Waals surface area contributed by atoms with Crippen LogP contribution in [0.5, 0.6) is 5.75 Å². The van der Waals surface area contributed by atoms with E-state index in [-0.39, 0.29) is 6.10 Å². The topological polar surface area (TPSA) is 18.5 Å². The Kier molecular flexibility index (Phi) is 4.65. The van der Waals surface area contributed by atoms with Gasteiger partial charge in [-0.05, 0) is 55.2 Å². The van der Waals surface area contributed by atoms with Crippen molar-refractivity contribution >= 4 is 12.2 Å². The van der Waals surface area contributed by atoms with Crippen LogP contribution in [-0.2, 0) is 17.6 Å². The molecule has 0 spiro atoms. The van der Waals surface area contributed by atoms with Gasteiger partial charge >= 0.3 is 0 Å². The van der Waals surface area contributed by atoms with Crippen LogP contribution in [0.1, 0.15) is 42.5 Å². The number of benzene rings is 1. The summed E-state index contributed by atoms with van der Waals surface area (Å²) in [6.45, 7) is 12.8. The fourth-order valence-electron chi connectivity index (χ4n) is 3.90. The highest BCUT2D eigenvalue weighted by atomic mass is 16.5. The first-order chi connectivity index (χ1) is 13.0. The Morgan fingerprint density at radius 3 is 2.81 bits per heavy atom. The zero-order valence-corrected chi connectivity index (χ0v) is 16.2. The van der Waals surface area contributed by atoms with Crippen LogP contribution in [0.2, 0.25) is 0 Å². The Morgan fingerprint density at radius 2 is 2.04 bits per heavy atom. The van der Waals surface area contributed by atoms with Crippen LogP contribution in [0.3, 0.4) is 0 Å². The maximum absolute atomic E-state index is 6.31. The maximum Gasteiger partial charge on any atom is 0.128 e. The van der Waals surface area contributed by atoms with Crippen molar-refractivity contribution < 1.29 is 9.47 Å². The van der Waals surface area contributed by atoms with Crippen molar-refractivity contribution in [3.05, 3.63) is 88.3 Å². The predicted octanol–water partition coefficient (Wildman–Crippen LogP) is 5.96. The first kappa shape index (κ1) is 17.7. The van der Waals surface area contributed by atoms with Crippen molar-refractivity contribution in [3.63, 3.8) is 0 Å². The third kappa shape index (κ3) is 3.57. The minimum Gasteiger partial charge on any atom is -0.489 e. The van der Waals surface area contributed by atoms with Crippen LogP contribution in [0.4, 0.5) is 0 Å². The molecular weight excluding hydrogens is 332 g/mol. The number of hydrogen-bond donors (Lipinski definition) is 0. The molecule has 4 rings (SSSR count). The van der Waals surface area contributed by atoms with Gasteiger partial charge in [-0.15, -0.1) is 0 Å². The van der Waals surface area contributed by atoms with Gasteiger partial charge in [0.2, 0.25) is 0 Å². The fourth-order valence-corrected chi connectivity index (χ4v) is 3.90. The molecule has 0 bridgehead atoms. The van der Waals surface area contributed by atoms with Gasteiger partial charge in [0, 0.05) is 24.0 Å². The zero-order valence-electron chi connectivity index (χ0n) is 16.2. The predicted molar refractivity (Wildman–Crippen MR) is 113 cm³/mol. The smallest absolute Gasteiger partial charge is 0.128 e. The number of fused-ring (bicyclic) bond motifs is 2. The molecule has 0 radical (unpaired) electrons. The Hall–Kier alpha value is -2.74. The van der Waals surface area contributed by atoms with Crippen molar-refractivity contribution in [2.24, 2.45) is 0 Å². The van der Waals surface area contributed by atoms with Gasteiger partial charge in [-0.25, -0.2) is 0 Å². The maximum atomic E-state index is 6.31. The molecule has 0 N–H and O–H groups in total. The number of allylic oxidation sites excluding steroid dienone is 4. The molecule has 1 atom stereocenters. The van der Waals surface area contributed by atoms with Crippen molar-refractivity contribution in [1.29, 1.82) is 0 Å². The van der Waals surface area contributed by atoms with Gasteiger partial charge in [0.05, 0.1) is 0 Å². The molecule has 2 nitrogen and oxygen atoms in total. The van der Waals surface area contributed by atoms with Crippen LogP contribution < -0.4 is 4.74 Å². The van der Waals surface area contributed by atoms with Crippen molar-refractivity contribution in [2.75, 3.05) is 6.61 Å². The number of hydrogen-bond acceptors (Lipinski definition) is 2. The lowest BCUT2D eigenvalue weighted by atomic mass is 9.89. The molecular formula is C25H26O2. The Morgan fingerprint density at radius 1 is 1.22 bits per heavy atom. The standard InChI is InChI=1S/C25H26O2/c1-16-8-9-21-15-20-6-5-7-23(20)25(24(21)13-16)26-11-10-17(2)12-22-14-18(3)19(4)27-22/h5-6,8-10,14-15,22H,1,4,7,11-13H2,2-3H3/b17-10-. The highest BCUT2D eigenvalue weighted by Crippen LogP contribution is 2.39. The lowest BCUT2D eigenvalue weighted by molar-refractivity contribution is 0.181. The van der Waals surface area contributed by atoms with Crippen LogP contribution in [0, 0.1) is 0 Å². The second kappa shape index (κ2) is 7.11. The van der Waals surface area contributed by atoms with Gasteiger partial charge in [0.15, 0.2) is 0 Å². The lowest BCUT2D eigenvalue weighted by Crippen LogP contribution is -2.08. The molecule has 0 fully saturated rings.